The van der Waals surface area contributed by atoms with Gasteiger partial charge in [0.1, 0.15) is 46.5 Å². The van der Waals surface area contributed by atoms with Crippen LogP contribution in [0.3, 0.4) is 0 Å². The van der Waals surface area contributed by atoms with Gasteiger partial charge in [-0.05, 0) is 326 Å². The molecule has 0 spiro atoms. The van der Waals surface area contributed by atoms with Gasteiger partial charge < -0.3 is 19.6 Å². The predicted octanol–water partition coefficient (Wildman–Crippen LogP) is 37.9. The highest BCUT2D eigenvalue weighted by atomic mass is 19.2. The largest absolute Gasteiger partial charge is 0.310 e. The third kappa shape index (κ3) is 17.1. The zero-order valence-electron chi connectivity index (χ0n) is 76.7. The lowest BCUT2D eigenvalue weighted by Gasteiger charge is -2.30. The second-order valence-electron chi connectivity index (χ2n) is 35.6. The molecule has 0 N–H and O–H groups in total. The van der Waals surface area contributed by atoms with Gasteiger partial charge in [-0.2, -0.15) is 5.26 Å². The van der Waals surface area contributed by atoms with Gasteiger partial charge in [-0.25, -0.2) is 40.0 Å². The van der Waals surface area contributed by atoms with E-state index in [4.69, 9.17) is 6.57 Å². The Labute approximate surface area is 825 Å². The first-order chi connectivity index (χ1) is 70.5. The van der Waals surface area contributed by atoms with Crippen molar-refractivity contribution in [2.45, 2.75) is 0 Å². The molecule has 0 atom stereocenters. The van der Waals surface area contributed by atoms with E-state index in [0.29, 0.717) is 56.1 Å². The van der Waals surface area contributed by atoms with Crippen LogP contribution in [-0.2, 0) is 0 Å². The summed E-state index contributed by atoms with van der Waals surface area (Å²) in [5, 5.41) is 20.4. The van der Waals surface area contributed by atoms with Crippen LogP contribution in [0.15, 0.2) is 473 Å². The summed E-state index contributed by atoms with van der Waals surface area (Å²) in [6.07, 6.45) is 0. The number of hydrogen-bond acceptors (Lipinski definition) is 5. The number of halogens is 8. The van der Waals surface area contributed by atoms with E-state index in [2.05, 4.69) is 130 Å². The highest BCUT2D eigenvalue weighted by Crippen LogP contribution is 2.54. The Kier molecular flexibility index (Phi) is 23.3. The van der Waals surface area contributed by atoms with Crippen LogP contribution in [0.2, 0.25) is 0 Å². The van der Waals surface area contributed by atoms with Crippen molar-refractivity contribution in [3.63, 3.8) is 0 Å². The number of rotatable bonds is 20. The minimum absolute atomic E-state index is 0.0380. The van der Waals surface area contributed by atoms with Crippen molar-refractivity contribution in [2.24, 2.45) is 0 Å². The normalized spacial score (nSPS) is 11.3. The first-order valence-electron chi connectivity index (χ1n) is 46.9. The summed E-state index contributed by atoms with van der Waals surface area (Å²) in [6.45, 7) is 7.58. The number of anilines is 12. The highest BCUT2D eigenvalue weighted by molar-refractivity contribution is 6.30. The second-order valence-corrected chi connectivity index (χ2v) is 35.6. The SMILES string of the molecule is Fc1ccc(-c2cc(-c3ccccc3)cc(N(c3cc(F)ccc3F)c3ccc4ccc5c(N(c6cc(-c7ccccc7)cc(-c7ccc(F)cc7)c6)c6cc(F)ccc6F)ccc6ccc3c4c65)c2)cc1.[C-]#[N+]c1ccc(-c2cc(-c3ccccc3)cc(N(c3cccc(F)c3)c3ccc4ccc5c(N(c6cccc(F)c6)c6cc(-c7ccccc7)cc(-c7ccc(C#N)cc7)c6)ccc6ccc3c4c65)c2)cc1. The van der Waals surface area contributed by atoms with Crippen LogP contribution in [-0.4, -0.2) is 0 Å². The van der Waals surface area contributed by atoms with Crippen LogP contribution in [0.5, 0.6) is 0 Å². The van der Waals surface area contributed by atoms with Crippen LogP contribution < -0.4 is 19.6 Å². The molecule has 0 aliphatic heterocycles. The lowest BCUT2D eigenvalue weighted by Crippen LogP contribution is -2.14. The van der Waals surface area contributed by atoms with Gasteiger partial charge in [0.2, 0.25) is 0 Å². The fraction of sp³-hybridized carbons (Fsp3) is 0. The van der Waals surface area contributed by atoms with Gasteiger partial charge in [-0.1, -0.05) is 267 Å². The Balaban J connectivity index is 0.000000159. The number of benzene rings is 24. The maximum atomic E-state index is 16.6. The first-order valence-corrected chi connectivity index (χ1v) is 46.9. The van der Waals surface area contributed by atoms with Gasteiger partial charge in [0.15, 0.2) is 5.69 Å². The first kappa shape index (κ1) is 88.9. The van der Waals surface area contributed by atoms with Crippen LogP contribution in [0.4, 0.5) is 109 Å². The van der Waals surface area contributed by atoms with Crippen molar-refractivity contribution < 1.29 is 35.1 Å². The minimum atomic E-state index is -0.664. The van der Waals surface area contributed by atoms with Crippen molar-refractivity contribution in [2.75, 3.05) is 19.6 Å². The zero-order chi connectivity index (χ0) is 97.7. The molecule has 0 aliphatic rings. The van der Waals surface area contributed by atoms with E-state index in [9.17, 15) is 14.0 Å². The third-order valence-electron chi connectivity index (χ3n) is 26.8. The van der Waals surface area contributed by atoms with Gasteiger partial charge >= 0.3 is 0 Å². The van der Waals surface area contributed by atoms with Crippen LogP contribution >= 0.6 is 0 Å². The zero-order valence-corrected chi connectivity index (χ0v) is 76.7. The molecule has 14 heteroatoms. The summed E-state index contributed by atoms with van der Waals surface area (Å²) in [4.78, 5) is 11.3. The van der Waals surface area contributed by atoms with Crippen molar-refractivity contribution in [3.8, 4) is 95.1 Å². The van der Waals surface area contributed by atoms with E-state index < -0.39 is 34.9 Å². The Morgan fingerprint density at radius 3 is 0.722 bits per heavy atom. The Morgan fingerprint density at radius 1 is 0.188 bits per heavy atom. The summed E-state index contributed by atoms with van der Waals surface area (Å²) < 4.78 is 124. The summed E-state index contributed by atoms with van der Waals surface area (Å²) >= 11 is 0. The predicted molar refractivity (Wildman–Crippen MR) is 573 cm³/mol. The van der Waals surface area contributed by atoms with E-state index in [1.54, 1.807) is 58.3 Å². The molecule has 0 aliphatic carbocycles. The Hall–Kier alpha value is -19.0. The minimum Gasteiger partial charge on any atom is -0.310 e. The molecule has 24 aromatic rings. The maximum absolute atomic E-state index is 16.6. The molecule has 0 heterocycles. The summed E-state index contributed by atoms with van der Waals surface area (Å²) in [5.74, 6) is -4.10. The fourth-order valence-corrected chi connectivity index (χ4v) is 20.1. The number of hydrogen-bond donors (Lipinski definition) is 0. The van der Waals surface area contributed by atoms with Gasteiger partial charge in [-0.3, -0.25) is 0 Å². The summed E-state index contributed by atoms with van der Waals surface area (Å²) in [6, 6.07) is 147. The van der Waals surface area contributed by atoms with Gasteiger partial charge in [-0.15, -0.1) is 0 Å². The standard InChI is InChI=1S/C66H40F2N4.C64H38F6N2/c1-70-56-28-22-47(23-29-56)53-35-51(45-12-6-3-7-13-45)37-60(39-53)72(58-17-9-15-55(68)41-58)64-33-27-49-24-30-61-63(32-26-48-25-31-62(64)66(49)65(48)61)71(57-16-8-14-54(67)40-57)59-36-50(44-10-4-2-5-11-44)34-52(38-59)46-20-18-43(42-69)19-21-46;65-49-19-11-41(12-20-49)47-31-45(39-7-3-1-4-8-39)33-53(35-47)71(61-37-51(67)23-27-57(61)69)59-29-17-43-16-26-56-60(30-18-44-15-25-55(59)63(43)64(44)56)72(62-38-52(68)24-28-58(62)70)54-34-46(40-9-5-2-6-10-40)32-48(36-54)42-13-21-50(66)22-14-42/h2-41H;1-38H. The summed E-state index contributed by atoms with van der Waals surface area (Å²) in [5.41, 5.74) is 21.8. The topological polar surface area (TPSA) is 41.1 Å². The molecule has 0 bridgehead atoms. The lowest BCUT2D eigenvalue weighted by atomic mass is 9.91. The molecule has 144 heavy (non-hydrogen) atoms. The molecule has 0 radical (unpaired) electrons. The monoisotopic (exact) mass is 1870 g/mol. The van der Waals surface area contributed by atoms with Crippen molar-refractivity contribution >= 4 is 139 Å². The molecular weight excluding hydrogens is 1800 g/mol. The molecule has 24 rings (SSSR count). The highest BCUT2D eigenvalue weighted by Gasteiger charge is 2.30. The molecule has 24 aromatic carbocycles. The van der Waals surface area contributed by atoms with E-state index >= 15 is 26.3 Å². The second kappa shape index (κ2) is 37.7. The average molecular weight is 1880 g/mol. The van der Waals surface area contributed by atoms with E-state index in [0.717, 1.165) is 190 Å². The molecule has 6 nitrogen and oxygen atoms in total. The van der Waals surface area contributed by atoms with Gasteiger partial charge in [0.25, 0.3) is 0 Å². The molecule has 0 saturated carbocycles. The van der Waals surface area contributed by atoms with Crippen molar-refractivity contribution in [1.29, 1.82) is 5.26 Å². The van der Waals surface area contributed by atoms with Crippen molar-refractivity contribution in [1.82, 2.24) is 0 Å². The molecule has 684 valence electrons. The van der Waals surface area contributed by atoms with E-state index in [-0.39, 0.29) is 23.0 Å². The molecule has 0 amide bonds. The molecule has 0 fully saturated rings. The van der Waals surface area contributed by atoms with E-state index in [1.165, 1.54) is 48.5 Å². The van der Waals surface area contributed by atoms with E-state index in [1.807, 2.05) is 243 Å². The Bertz CT molecular complexity index is 8610. The number of nitrogens with zero attached hydrogens (tertiary/aromatic N) is 6. The third-order valence-corrected chi connectivity index (χ3v) is 26.8. The van der Waals surface area contributed by atoms with Gasteiger partial charge in [0, 0.05) is 67.8 Å². The molecule has 0 unspecified atom stereocenters. The Morgan fingerprint density at radius 2 is 0.438 bits per heavy atom. The van der Waals surface area contributed by atoms with Crippen LogP contribution in [0, 0.1) is 64.4 Å². The quantitative estimate of drug-likeness (QED) is 0.0432. The van der Waals surface area contributed by atoms with Crippen LogP contribution in [0.1, 0.15) is 5.56 Å². The van der Waals surface area contributed by atoms with Gasteiger partial charge in [0.05, 0.1) is 52.3 Å². The smallest absolute Gasteiger partial charge is 0.187 e. The lowest BCUT2D eigenvalue weighted by molar-refractivity contribution is 0.601. The fourth-order valence-electron chi connectivity index (χ4n) is 20.1. The number of nitriles is 1. The summed E-state index contributed by atoms with van der Waals surface area (Å²) in [7, 11) is 0. The molecule has 0 aromatic heterocycles. The van der Waals surface area contributed by atoms with Crippen molar-refractivity contribution in [3.05, 3.63) is 537 Å². The average Bonchev–Trinajstić information content (AvgIpc) is 0.728. The molecular formula is C130H78F8N6. The molecule has 0 saturated heterocycles. The maximum Gasteiger partial charge on any atom is 0.187 e. The van der Waals surface area contributed by atoms with Crippen LogP contribution in [0.25, 0.3) is 158 Å².